The van der Waals surface area contributed by atoms with Gasteiger partial charge in [-0.3, -0.25) is 4.79 Å². The first-order valence-corrected chi connectivity index (χ1v) is 10.1. The van der Waals surface area contributed by atoms with E-state index in [1.165, 1.54) is 5.56 Å². The number of nitrogens with one attached hydrogen (secondary N) is 1. The van der Waals surface area contributed by atoms with E-state index in [4.69, 9.17) is 4.74 Å². The van der Waals surface area contributed by atoms with Crippen molar-refractivity contribution in [2.24, 2.45) is 5.92 Å². The summed E-state index contributed by atoms with van der Waals surface area (Å²) < 4.78 is 5.35. The van der Waals surface area contributed by atoms with Gasteiger partial charge in [-0.15, -0.1) is 0 Å². The van der Waals surface area contributed by atoms with E-state index >= 15 is 0 Å². The number of ether oxygens (including phenoxy) is 1. The molecule has 0 bridgehead atoms. The molecule has 1 amide bonds. The molecule has 4 nitrogen and oxygen atoms in total. The molecule has 0 atom stereocenters. The van der Waals surface area contributed by atoms with Gasteiger partial charge in [-0.25, -0.2) is 0 Å². The summed E-state index contributed by atoms with van der Waals surface area (Å²) in [5.74, 6) is 0.132. The van der Waals surface area contributed by atoms with Gasteiger partial charge in [0.15, 0.2) is 0 Å². The molecular formula is C25H26N2O2. The van der Waals surface area contributed by atoms with Crippen molar-refractivity contribution in [2.45, 2.75) is 19.4 Å². The normalized spacial score (nSPS) is 14.3. The lowest BCUT2D eigenvalue weighted by Gasteiger charge is -2.26. The van der Waals surface area contributed by atoms with Crippen LogP contribution in [0.15, 0.2) is 84.9 Å². The summed E-state index contributed by atoms with van der Waals surface area (Å²) in [7, 11) is 0. The Morgan fingerprint density at radius 2 is 1.41 bits per heavy atom. The van der Waals surface area contributed by atoms with Gasteiger partial charge >= 0.3 is 0 Å². The van der Waals surface area contributed by atoms with Gasteiger partial charge in [-0.05, 0) is 54.8 Å². The molecule has 148 valence electrons. The third-order valence-electron chi connectivity index (χ3n) is 5.29. The maximum absolute atomic E-state index is 12.5. The van der Waals surface area contributed by atoms with Crippen molar-refractivity contribution in [3.05, 3.63) is 90.5 Å². The zero-order chi connectivity index (χ0) is 19.9. The summed E-state index contributed by atoms with van der Waals surface area (Å²) in [6, 6.07) is 28.9. The van der Waals surface area contributed by atoms with Crippen LogP contribution in [-0.2, 0) is 16.1 Å². The molecule has 4 heteroatoms. The van der Waals surface area contributed by atoms with Gasteiger partial charge in [0.2, 0.25) is 5.91 Å². The van der Waals surface area contributed by atoms with E-state index in [1.807, 2.05) is 24.3 Å². The van der Waals surface area contributed by atoms with Crippen LogP contribution in [0.5, 0.6) is 0 Å². The molecule has 3 aromatic carbocycles. The van der Waals surface area contributed by atoms with Crippen LogP contribution in [-0.4, -0.2) is 19.1 Å². The number of anilines is 3. The summed E-state index contributed by atoms with van der Waals surface area (Å²) in [5, 5.41) is 3.05. The number of para-hydroxylation sites is 1. The molecule has 0 aliphatic carbocycles. The second-order valence-corrected chi connectivity index (χ2v) is 7.33. The molecule has 0 radical (unpaired) electrons. The van der Waals surface area contributed by atoms with E-state index in [0.29, 0.717) is 13.2 Å². The Kier molecular flexibility index (Phi) is 6.22. The highest BCUT2D eigenvalue weighted by molar-refractivity contribution is 5.92. The quantitative estimate of drug-likeness (QED) is 0.617. The van der Waals surface area contributed by atoms with E-state index in [1.54, 1.807) is 0 Å². The average molecular weight is 386 g/mol. The second-order valence-electron chi connectivity index (χ2n) is 7.33. The third kappa shape index (κ3) is 5.04. The van der Waals surface area contributed by atoms with Crippen molar-refractivity contribution >= 4 is 23.0 Å². The van der Waals surface area contributed by atoms with Gasteiger partial charge < -0.3 is 15.0 Å². The SMILES string of the molecule is O=C(Nc1ccc(N(Cc2ccccc2)c2ccccc2)cc1)C1CCOCC1. The number of hydrogen-bond donors (Lipinski definition) is 1. The fourth-order valence-electron chi connectivity index (χ4n) is 3.63. The second kappa shape index (κ2) is 9.39. The third-order valence-corrected chi connectivity index (χ3v) is 5.29. The Morgan fingerprint density at radius 1 is 0.828 bits per heavy atom. The Labute approximate surface area is 172 Å². The van der Waals surface area contributed by atoms with E-state index in [2.05, 4.69) is 70.9 Å². The number of nitrogens with zero attached hydrogens (tertiary/aromatic N) is 1. The fraction of sp³-hybridized carbons (Fsp3) is 0.240. The van der Waals surface area contributed by atoms with Crippen LogP contribution < -0.4 is 10.2 Å². The van der Waals surface area contributed by atoms with Crippen molar-refractivity contribution in [1.29, 1.82) is 0 Å². The molecular weight excluding hydrogens is 360 g/mol. The molecule has 4 rings (SSSR count). The maximum atomic E-state index is 12.5. The zero-order valence-electron chi connectivity index (χ0n) is 16.5. The Balaban J connectivity index is 1.51. The largest absolute Gasteiger partial charge is 0.381 e. The summed E-state index contributed by atoms with van der Waals surface area (Å²) in [6.45, 7) is 2.11. The van der Waals surface area contributed by atoms with Crippen molar-refractivity contribution in [3.8, 4) is 0 Å². The number of carbonyl (C=O) groups is 1. The Hall–Kier alpha value is -3.11. The van der Waals surface area contributed by atoms with E-state index in [9.17, 15) is 4.79 Å². The van der Waals surface area contributed by atoms with Crippen LogP contribution >= 0.6 is 0 Å². The van der Waals surface area contributed by atoms with Crippen molar-refractivity contribution in [3.63, 3.8) is 0 Å². The monoisotopic (exact) mass is 386 g/mol. The van der Waals surface area contributed by atoms with E-state index in [0.717, 1.165) is 36.4 Å². The first kappa shape index (κ1) is 19.2. The minimum Gasteiger partial charge on any atom is -0.381 e. The molecule has 1 fully saturated rings. The zero-order valence-corrected chi connectivity index (χ0v) is 16.5. The standard InChI is InChI=1S/C25H26N2O2/c28-25(21-15-17-29-18-16-21)26-22-11-13-24(14-12-22)27(23-9-5-2-6-10-23)19-20-7-3-1-4-8-20/h1-14,21H,15-19H2,(H,26,28). The number of rotatable bonds is 6. The minimum absolute atomic E-state index is 0.0438. The van der Waals surface area contributed by atoms with Gasteiger partial charge in [-0.1, -0.05) is 48.5 Å². The lowest BCUT2D eigenvalue weighted by molar-refractivity contribution is -0.122. The highest BCUT2D eigenvalue weighted by atomic mass is 16.5. The summed E-state index contributed by atoms with van der Waals surface area (Å²) in [5.41, 5.74) is 4.30. The summed E-state index contributed by atoms with van der Waals surface area (Å²) >= 11 is 0. The molecule has 1 aliphatic heterocycles. The van der Waals surface area contributed by atoms with Crippen LogP contribution in [0.25, 0.3) is 0 Å². The fourth-order valence-corrected chi connectivity index (χ4v) is 3.63. The molecule has 1 N–H and O–H groups in total. The molecule has 0 saturated carbocycles. The first-order valence-electron chi connectivity index (χ1n) is 10.1. The van der Waals surface area contributed by atoms with E-state index in [-0.39, 0.29) is 11.8 Å². The van der Waals surface area contributed by atoms with E-state index < -0.39 is 0 Å². The number of benzene rings is 3. The molecule has 29 heavy (non-hydrogen) atoms. The van der Waals surface area contributed by atoms with Gasteiger partial charge in [0, 0.05) is 42.7 Å². The number of hydrogen-bond acceptors (Lipinski definition) is 3. The predicted molar refractivity (Wildman–Crippen MR) is 117 cm³/mol. The molecule has 3 aromatic rings. The smallest absolute Gasteiger partial charge is 0.227 e. The lowest BCUT2D eigenvalue weighted by Crippen LogP contribution is -2.28. The average Bonchev–Trinajstić information content (AvgIpc) is 2.80. The molecule has 0 aromatic heterocycles. The first-order chi connectivity index (χ1) is 14.3. The van der Waals surface area contributed by atoms with Crippen LogP contribution in [0.4, 0.5) is 17.1 Å². The van der Waals surface area contributed by atoms with Gasteiger partial charge in [0.25, 0.3) is 0 Å². The highest BCUT2D eigenvalue weighted by Gasteiger charge is 2.21. The molecule has 1 heterocycles. The topological polar surface area (TPSA) is 41.6 Å². The van der Waals surface area contributed by atoms with Crippen LogP contribution in [0.1, 0.15) is 18.4 Å². The lowest BCUT2D eigenvalue weighted by atomic mass is 9.99. The summed E-state index contributed by atoms with van der Waals surface area (Å²) in [4.78, 5) is 14.7. The van der Waals surface area contributed by atoms with Crippen LogP contribution in [0.3, 0.4) is 0 Å². The van der Waals surface area contributed by atoms with Gasteiger partial charge in [-0.2, -0.15) is 0 Å². The molecule has 0 unspecified atom stereocenters. The predicted octanol–water partition coefficient (Wildman–Crippen LogP) is 5.39. The van der Waals surface area contributed by atoms with Crippen molar-refractivity contribution in [2.75, 3.05) is 23.4 Å². The van der Waals surface area contributed by atoms with Gasteiger partial charge in [0.1, 0.15) is 0 Å². The minimum atomic E-state index is 0.0438. The van der Waals surface area contributed by atoms with Crippen LogP contribution in [0, 0.1) is 5.92 Å². The Morgan fingerprint density at radius 3 is 2.07 bits per heavy atom. The van der Waals surface area contributed by atoms with Gasteiger partial charge in [0.05, 0.1) is 0 Å². The van der Waals surface area contributed by atoms with Crippen molar-refractivity contribution in [1.82, 2.24) is 0 Å². The highest BCUT2D eigenvalue weighted by Crippen LogP contribution is 2.29. The maximum Gasteiger partial charge on any atom is 0.227 e. The van der Waals surface area contributed by atoms with Crippen molar-refractivity contribution < 1.29 is 9.53 Å². The molecule has 1 aliphatic rings. The number of carbonyl (C=O) groups excluding carboxylic acids is 1. The van der Waals surface area contributed by atoms with Crippen LogP contribution in [0.2, 0.25) is 0 Å². The molecule has 0 spiro atoms. The number of amides is 1. The Bertz CT molecular complexity index is 905. The molecule has 1 saturated heterocycles. The summed E-state index contributed by atoms with van der Waals surface area (Å²) in [6.07, 6.45) is 1.59.